The van der Waals surface area contributed by atoms with Crippen molar-refractivity contribution in [1.29, 1.82) is 0 Å². The quantitative estimate of drug-likeness (QED) is 0.622. The summed E-state index contributed by atoms with van der Waals surface area (Å²) < 4.78 is 13.7. The number of carboxylic acids is 1. The molecule has 0 aromatic carbocycles. The highest BCUT2D eigenvalue weighted by Gasteiger charge is 2.50. The highest BCUT2D eigenvalue weighted by molar-refractivity contribution is 5.90. The SMILES string of the molecule is COC(=O)C[C@]1(CC(=O)O)OCOC1=O. The smallest absolute Gasteiger partial charge is 0.341 e. The molecule has 1 rings (SSSR count). The number of hydrogen-bond acceptors (Lipinski definition) is 6. The Morgan fingerprint density at radius 3 is 2.60 bits per heavy atom. The summed E-state index contributed by atoms with van der Waals surface area (Å²) in [6.45, 7) is -0.344. The minimum atomic E-state index is -1.74. The van der Waals surface area contributed by atoms with Gasteiger partial charge in [-0.15, -0.1) is 0 Å². The molecule has 7 nitrogen and oxygen atoms in total. The molecule has 0 spiro atoms. The Labute approximate surface area is 84.9 Å². The second-order valence-electron chi connectivity index (χ2n) is 3.01. The van der Waals surface area contributed by atoms with Crippen LogP contribution >= 0.6 is 0 Å². The topological polar surface area (TPSA) is 99.1 Å². The summed E-state index contributed by atoms with van der Waals surface area (Å²) >= 11 is 0. The van der Waals surface area contributed by atoms with Gasteiger partial charge < -0.3 is 19.3 Å². The van der Waals surface area contributed by atoms with E-state index in [0.717, 1.165) is 7.11 Å². The minimum Gasteiger partial charge on any atom is -0.481 e. The summed E-state index contributed by atoms with van der Waals surface area (Å²) in [6, 6.07) is 0. The van der Waals surface area contributed by atoms with Gasteiger partial charge in [-0.3, -0.25) is 9.59 Å². The number of carbonyl (C=O) groups is 3. The summed E-state index contributed by atoms with van der Waals surface area (Å²) in [5, 5.41) is 8.60. The Hall–Kier alpha value is -1.63. The van der Waals surface area contributed by atoms with Gasteiger partial charge in [0, 0.05) is 0 Å². The molecule has 0 amide bonds. The number of carboxylic acid groups (broad SMARTS) is 1. The lowest BCUT2D eigenvalue weighted by molar-refractivity contribution is -0.159. The average Bonchev–Trinajstić information content (AvgIpc) is 2.47. The van der Waals surface area contributed by atoms with Gasteiger partial charge in [-0.05, 0) is 0 Å². The Morgan fingerprint density at radius 1 is 1.53 bits per heavy atom. The largest absolute Gasteiger partial charge is 0.481 e. The lowest BCUT2D eigenvalue weighted by Crippen LogP contribution is -2.41. The summed E-state index contributed by atoms with van der Waals surface area (Å²) in [7, 11) is 1.14. The molecular formula is C8H10O7. The number of cyclic esters (lactones) is 1. The number of hydrogen-bond donors (Lipinski definition) is 1. The van der Waals surface area contributed by atoms with Crippen LogP contribution in [0, 0.1) is 0 Å². The second kappa shape index (κ2) is 4.26. The first kappa shape index (κ1) is 11.4. The van der Waals surface area contributed by atoms with E-state index in [0.29, 0.717) is 0 Å². The summed E-state index contributed by atoms with van der Waals surface area (Å²) in [4.78, 5) is 32.8. The molecule has 0 bridgehead atoms. The maximum absolute atomic E-state index is 11.3. The zero-order chi connectivity index (χ0) is 11.5. The van der Waals surface area contributed by atoms with Crippen LogP contribution < -0.4 is 0 Å². The zero-order valence-corrected chi connectivity index (χ0v) is 8.02. The van der Waals surface area contributed by atoms with Crippen molar-refractivity contribution >= 4 is 17.9 Å². The van der Waals surface area contributed by atoms with Crippen molar-refractivity contribution in [3.8, 4) is 0 Å². The first-order valence-electron chi connectivity index (χ1n) is 4.10. The van der Waals surface area contributed by atoms with Crippen LogP contribution in [0.4, 0.5) is 0 Å². The molecule has 0 saturated carbocycles. The molecule has 0 unspecified atom stereocenters. The van der Waals surface area contributed by atoms with Crippen molar-refractivity contribution in [2.45, 2.75) is 18.4 Å². The van der Waals surface area contributed by atoms with Gasteiger partial charge in [0.1, 0.15) is 0 Å². The van der Waals surface area contributed by atoms with E-state index in [1.54, 1.807) is 0 Å². The van der Waals surface area contributed by atoms with Gasteiger partial charge >= 0.3 is 17.9 Å². The van der Waals surface area contributed by atoms with Crippen LogP contribution in [0.25, 0.3) is 0 Å². The molecule has 0 radical (unpaired) electrons. The fourth-order valence-corrected chi connectivity index (χ4v) is 1.24. The highest BCUT2D eigenvalue weighted by Crippen LogP contribution is 2.28. The van der Waals surface area contributed by atoms with Crippen LogP contribution in [0.1, 0.15) is 12.8 Å². The molecule has 0 aromatic rings. The summed E-state index contributed by atoms with van der Waals surface area (Å²) in [6.07, 6.45) is -1.09. The predicted molar refractivity (Wildman–Crippen MR) is 43.7 cm³/mol. The fourth-order valence-electron chi connectivity index (χ4n) is 1.24. The number of carbonyl (C=O) groups excluding carboxylic acids is 2. The maximum atomic E-state index is 11.3. The fraction of sp³-hybridized carbons (Fsp3) is 0.625. The molecule has 1 atom stereocenters. The minimum absolute atomic E-state index is 0.344. The molecule has 1 aliphatic heterocycles. The molecule has 0 aromatic heterocycles. The number of rotatable bonds is 4. The van der Waals surface area contributed by atoms with Crippen LogP contribution in [-0.4, -0.2) is 42.5 Å². The summed E-state index contributed by atoms with van der Waals surface area (Å²) in [5.74, 6) is -2.83. The first-order chi connectivity index (χ1) is 7.00. The van der Waals surface area contributed by atoms with Crippen LogP contribution in [-0.2, 0) is 28.6 Å². The Bertz CT molecular complexity index is 297. The third-order valence-corrected chi connectivity index (χ3v) is 1.99. The molecule has 1 N–H and O–H groups in total. The first-order valence-corrected chi connectivity index (χ1v) is 4.10. The molecule has 0 aliphatic carbocycles. The van der Waals surface area contributed by atoms with E-state index in [-0.39, 0.29) is 6.79 Å². The summed E-state index contributed by atoms with van der Waals surface area (Å²) in [5.41, 5.74) is -1.74. The predicted octanol–water partition coefficient (Wildman–Crippen LogP) is -0.706. The number of ether oxygens (including phenoxy) is 3. The number of aliphatic carboxylic acids is 1. The lowest BCUT2D eigenvalue weighted by Gasteiger charge is -2.19. The molecule has 1 aliphatic rings. The number of methoxy groups -OCH3 is 1. The van der Waals surface area contributed by atoms with Gasteiger partial charge in [0.25, 0.3) is 0 Å². The monoisotopic (exact) mass is 218 g/mol. The van der Waals surface area contributed by atoms with E-state index < -0.39 is 36.4 Å². The van der Waals surface area contributed by atoms with Crippen molar-refractivity contribution in [2.24, 2.45) is 0 Å². The van der Waals surface area contributed by atoms with Crippen LogP contribution in [0.5, 0.6) is 0 Å². The van der Waals surface area contributed by atoms with E-state index in [1.807, 2.05) is 0 Å². The molecule has 1 heterocycles. The standard InChI is InChI=1S/C8H10O7/c1-13-6(11)3-8(2-5(9)10)7(12)14-4-15-8/h2-4H2,1H3,(H,9,10)/t8-/m0/s1. The van der Waals surface area contributed by atoms with Crippen LogP contribution in [0.15, 0.2) is 0 Å². The van der Waals surface area contributed by atoms with Gasteiger partial charge in [-0.2, -0.15) is 0 Å². The van der Waals surface area contributed by atoms with E-state index >= 15 is 0 Å². The zero-order valence-electron chi connectivity index (χ0n) is 8.02. The third-order valence-electron chi connectivity index (χ3n) is 1.99. The molecule has 1 fully saturated rings. The third kappa shape index (κ3) is 2.44. The van der Waals surface area contributed by atoms with Gasteiger partial charge in [0.05, 0.1) is 20.0 Å². The highest BCUT2D eigenvalue weighted by atomic mass is 16.7. The number of esters is 2. The van der Waals surface area contributed by atoms with E-state index in [4.69, 9.17) is 9.84 Å². The van der Waals surface area contributed by atoms with Gasteiger partial charge in [0.15, 0.2) is 12.4 Å². The van der Waals surface area contributed by atoms with Crippen molar-refractivity contribution in [1.82, 2.24) is 0 Å². The van der Waals surface area contributed by atoms with E-state index in [1.165, 1.54) is 0 Å². The van der Waals surface area contributed by atoms with E-state index in [2.05, 4.69) is 9.47 Å². The Morgan fingerprint density at radius 2 is 2.20 bits per heavy atom. The van der Waals surface area contributed by atoms with E-state index in [9.17, 15) is 14.4 Å². The second-order valence-corrected chi connectivity index (χ2v) is 3.01. The maximum Gasteiger partial charge on any atom is 0.341 e. The van der Waals surface area contributed by atoms with Gasteiger partial charge in [-0.25, -0.2) is 4.79 Å². The molecule has 1 saturated heterocycles. The Kier molecular flexibility index (Phi) is 3.25. The normalized spacial score (nSPS) is 24.7. The van der Waals surface area contributed by atoms with Gasteiger partial charge in [-0.1, -0.05) is 0 Å². The van der Waals surface area contributed by atoms with Crippen molar-refractivity contribution in [3.63, 3.8) is 0 Å². The van der Waals surface area contributed by atoms with Crippen LogP contribution in [0.2, 0.25) is 0 Å². The van der Waals surface area contributed by atoms with Crippen molar-refractivity contribution in [2.75, 3.05) is 13.9 Å². The average molecular weight is 218 g/mol. The molecule has 15 heavy (non-hydrogen) atoms. The van der Waals surface area contributed by atoms with Crippen molar-refractivity contribution < 1.29 is 33.7 Å². The molecular weight excluding hydrogens is 208 g/mol. The van der Waals surface area contributed by atoms with Gasteiger partial charge in [0.2, 0.25) is 0 Å². The Balaban J connectivity index is 2.81. The van der Waals surface area contributed by atoms with Crippen LogP contribution in [0.3, 0.4) is 0 Å². The molecule has 7 heteroatoms. The van der Waals surface area contributed by atoms with Crippen molar-refractivity contribution in [3.05, 3.63) is 0 Å². The molecule has 84 valence electrons. The lowest BCUT2D eigenvalue weighted by atomic mass is 9.96.